The first-order valence-electron chi connectivity index (χ1n) is 5.73. The smallest absolute Gasteiger partial charge is 0.241 e. The number of rotatable bonds is 6. The molecule has 0 fully saturated rings. The van der Waals surface area contributed by atoms with Gasteiger partial charge in [0.2, 0.25) is 10.0 Å². The highest BCUT2D eigenvalue weighted by Crippen LogP contribution is 2.26. The SMILES string of the molecule is COCC(C)NS(=O)(=O)c1cc(CO)cc(Br)c1C. The van der Waals surface area contributed by atoms with Crippen LogP contribution in [0.1, 0.15) is 18.1 Å². The van der Waals surface area contributed by atoms with Crippen LogP contribution < -0.4 is 4.72 Å². The molecule has 1 rings (SSSR count). The Bertz CT molecular complexity index is 545. The number of methoxy groups -OCH3 is 1. The number of hydrogen-bond donors (Lipinski definition) is 2. The molecule has 1 aromatic carbocycles. The molecular weight excluding hydrogens is 334 g/mol. The van der Waals surface area contributed by atoms with Crippen LogP contribution in [0.25, 0.3) is 0 Å². The largest absolute Gasteiger partial charge is 0.392 e. The molecule has 1 atom stereocenters. The lowest BCUT2D eigenvalue weighted by Gasteiger charge is -2.16. The topological polar surface area (TPSA) is 75.6 Å². The summed E-state index contributed by atoms with van der Waals surface area (Å²) in [6, 6.07) is 2.85. The second-order valence-electron chi connectivity index (χ2n) is 4.34. The number of halogens is 1. The highest BCUT2D eigenvalue weighted by molar-refractivity contribution is 9.10. The van der Waals surface area contributed by atoms with Crippen LogP contribution >= 0.6 is 15.9 Å². The Kier molecular flexibility index (Phi) is 5.94. The third-order valence-corrected chi connectivity index (χ3v) is 5.14. The van der Waals surface area contributed by atoms with E-state index in [-0.39, 0.29) is 17.5 Å². The third kappa shape index (κ3) is 4.25. The Balaban J connectivity index is 3.17. The first-order valence-corrected chi connectivity index (χ1v) is 8.00. The molecule has 0 aromatic heterocycles. The van der Waals surface area contributed by atoms with Gasteiger partial charge >= 0.3 is 0 Å². The van der Waals surface area contributed by atoms with Gasteiger partial charge < -0.3 is 9.84 Å². The maximum atomic E-state index is 12.3. The molecule has 1 unspecified atom stereocenters. The summed E-state index contributed by atoms with van der Waals surface area (Å²) in [5.74, 6) is 0. The number of hydrogen-bond acceptors (Lipinski definition) is 4. The summed E-state index contributed by atoms with van der Waals surface area (Å²) in [5, 5.41) is 9.15. The van der Waals surface area contributed by atoms with Crippen molar-refractivity contribution >= 4 is 26.0 Å². The molecule has 0 aliphatic rings. The predicted octanol–water partition coefficient (Wildman–Crippen LogP) is 1.56. The molecule has 0 bridgehead atoms. The van der Waals surface area contributed by atoms with Crippen molar-refractivity contribution in [2.75, 3.05) is 13.7 Å². The van der Waals surface area contributed by atoms with E-state index in [0.29, 0.717) is 22.2 Å². The minimum absolute atomic E-state index is 0.161. The molecule has 108 valence electrons. The Morgan fingerprint density at radius 3 is 2.63 bits per heavy atom. The van der Waals surface area contributed by atoms with E-state index in [4.69, 9.17) is 9.84 Å². The fraction of sp³-hybridized carbons (Fsp3) is 0.500. The van der Waals surface area contributed by atoms with Crippen LogP contribution in [0.5, 0.6) is 0 Å². The summed E-state index contributed by atoms with van der Waals surface area (Å²) < 4.78 is 32.7. The Morgan fingerprint density at radius 2 is 2.11 bits per heavy atom. The summed E-state index contributed by atoms with van der Waals surface area (Å²) in [5.41, 5.74) is 1.14. The minimum atomic E-state index is -3.64. The molecule has 0 spiro atoms. The summed E-state index contributed by atoms with van der Waals surface area (Å²) in [7, 11) is -2.13. The lowest BCUT2D eigenvalue weighted by molar-refractivity contribution is 0.180. The zero-order valence-electron chi connectivity index (χ0n) is 11.1. The van der Waals surface area contributed by atoms with Crippen molar-refractivity contribution in [1.29, 1.82) is 0 Å². The van der Waals surface area contributed by atoms with Crippen molar-refractivity contribution in [1.82, 2.24) is 4.72 Å². The second-order valence-corrected chi connectivity index (χ2v) is 6.87. The Labute approximate surface area is 122 Å². The number of aliphatic hydroxyl groups is 1. The maximum absolute atomic E-state index is 12.3. The van der Waals surface area contributed by atoms with Crippen LogP contribution in [0.15, 0.2) is 21.5 Å². The molecule has 7 heteroatoms. The summed E-state index contributed by atoms with van der Waals surface area (Å²) in [4.78, 5) is 0.161. The predicted molar refractivity (Wildman–Crippen MR) is 76.5 cm³/mol. The highest BCUT2D eigenvalue weighted by Gasteiger charge is 2.21. The fourth-order valence-corrected chi connectivity index (χ4v) is 3.87. The van der Waals surface area contributed by atoms with Crippen molar-refractivity contribution in [3.05, 3.63) is 27.7 Å². The lowest BCUT2D eigenvalue weighted by Crippen LogP contribution is -2.36. The molecule has 0 amide bonds. The molecule has 0 radical (unpaired) electrons. The molecule has 2 N–H and O–H groups in total. The van der Waals surface area contributed by atoms with E-state index < -0.39 is 10.0 Å². The van der Waals surface area contributed by atoms with Crippen LogP contribution in [0.3, 0.4) is 0 Å². The van der Waals surface area contributed by atoms with E-state index in [1.54, 1.807) is 19.9 Å². The zero-order valence-corrected chi connectivity index (χ0v) is 13.5. The van der Waals surface area contributed by atoms with Gasteiger partial charge in [-0.05, 0) is 37.1 Å². The number of nitrogens with one attached hydrogen (secondary N) is 1. The number of aliphatic hydroxyl groups excluding tert-OH is 1. The number of ether oxygens (including phenoxy) is 1. The molecule has 0 saturated carbocycles. The van der Waals surface area contributed by atoms with E-state index >= 15 is 0 Å². The molecule has 5 nitrogen and oxygen atoms in total. The Morgan fingerprint density at radius 1 is 1.47 bits per heavy atom. The van der Waals surface area contributed by atoms with Gasteiger partial charge in [0.15, 0.2) is 0 Å². The average Bonchev–Trinajstić information content (AvgIpc) is 2.31. The van der Waals surface area contributed by atoms with Crippen LogP contribution in [0.2, 0.25) is 0 Å². The van der Waals surface area contributed by atoms with Crippen molar-refractivity contribution in [3.8, 4) is 0 Å². The molecule has 19 heavy (non-hydrogen) atoms. The van der Waals surface area contributed by atoms with E-state index in [1.165, 1.54) is 13.2 Å². The summed E-state index contributed by atoms with van der Waals surface area (Å²) >= 11 is 3.30. The van der Waals surface area contributed by atoms with Crippen molar-refractivity contribution in [3.63, 3.8) is 0 Å². The normalized spacial score (nSPS) is 13.5. The Hall–Kier alpha value is -0.470. The average molecular weight is 352 g/mol. The summed E-state index contributed by atoms with van der Waals surface area (Å²) in [6.45, 7) is 3.51. The lowest BCUT2D eigenvalue weighted by atomic mass is 10.2. The van der Waals surface area contributed by atoms with Crippen LogP contribution in [-0.4, -0.2) is 33.3 Å². The molecule has 1 aromatic rings. The first-order chi connectivity index (χ1) is 8.81. The van der Waals surface area contributed by atoms with Gasteiger partial charge in [-0.3, -0.25) is 0 Å². The third-order valence-electron chi connectivity index (χ3n) is 2.60. The quantitative estimate of drug-likeness (QED) is 0.815. The van der Waals surface area contributed by atoms with Crippen LogP contribution in [0.4, 0.5) is 0 Å². The van der Waals surface area contributed by atoms with Gasteiger partial charge in [0.05, 0.1) is 18.1 Å². The van der Waals surface area contributed by atoms with Crippen LogP contribution in [-0.2, 0) is 21.4 Å². The number of sulfonamides is 1. The summed E-state index contributed by atoms with van der Waals surface area (Å²) in [6.07, 6.45) is 0. The van der Waals surface area contributed by atoms with Gasteiger partial charge in [-0.1, -0.05) is 15.9 Å². The molecule has 0 heterocycles. The monoisotopic (exact) mass is 351 g/mol. The van der Waals surface area contributed by atoms with E-state index in [9.17, 15) is 8.42 Å². The van der Waals surface area contributed by atoms with Crippen LogP contribution in [0, 0.1) is 6.92 Å². The highest BCUT2D eigenvalue weighted by atomic mass is 79.9. The molecular formula is C12H18BrNO4S. The van der Waals surface area contributed by atoms with E-state index in [2.05, 4.69) is 20.7 Å². The van der Waals surface area contributed by atoms with E-state index in [0.717, 1.165) is 0 Å². The van der Waals surface area contributed by atoms with Gasteiger partial charge in [0.25, 0.3) is 0 Å². The fourth-order valence-electron chi connectivity index (χ4n) is 1.69. The first kappa shape index (κ1) is 16.6. The number of benzene rings is 1. The van der Waals surface area contributed by atoms with Crippen molar-refractivity contribution in [2.24, 2.45) is 0 Å². The van der Waals surface area contributed by atoms with Gasteiger partial charge in [0, 0.05) is 17.6 Å². The van der Waals surface area contributed by atoms with Gasteiger partial charge in [-0.25, -0.2) is 13.1 Å². The van der Waals surface area contributed by atoms with Gasteiger partial charge in [0.1, 0.15) is 0 Å². The standard InChI is InChI=1S/C12H18BrNO4S/c1-8(7-18-3)14-19(16,17)12-5-10(6-15)4-11(13)9(12)2/h4-5,8,14-15H,6-7H2,1-3H3. The van der Waals surface area contributed by atoms with Gasteiger partial charge in [-0.2, -0.15) is 0 Å². The van der Waals surface area contributed by atoms with E-state index in [1.807, 2.05) is 0 Å². The van der Waals surface area contributed by atoms with Crippen molar-refractivity contribution < 1.29 is 18.3 Å². The maximum Gasteiger partial charge on any atom is 0.241 e. The van der Waals surface area contributed by atoms with Gasteiger partial charge in [-0.15, -0.1) is 0 Å². The molecule has 0 saturated heterocycles. The van der Waals surface area contributed by atoms with Crippen molar-refractivity contribution in [2.45, 2.75) is 31.4 Å². The second kappa shape index (κ2) is 6.81. The minimum Gasteiger partial charge on any atom is -0.392 e. The zero-order chi connectivity index (χ0) is 14.6. The molecule has 0 aliphatic carbocycles. The molecule has 0 aliphatic heterocycles.